The lowest BCUT2D eigenvalue weighted by molar-refractivity contribution is -0.120. The van der Waals surface area contributed by atoms with Crippen LogP contribution >= 0.6 is 11.6 Å². The third kappa shape index (κ3) is 2.52. The molecular formula is C9H11ClN2O3S. The molecule has 16 heavy (non-hydrogen) atoms. The number of nitrogens with two attached hydrogens (primary N) is 1. The van der Waals surface area contributed by atoms with E-state index in [1.165, 1.54) is 31.2 Å². The molecule has 0 spiro atoms. The largest absolute Gasteiger partial charge is 0.293 e. The molecule has 0 heterocycles. The van der Waals surface area contributed by atoms with Crippen molar-refractivity contribution in [1.29, 1.82) is 0 Å². The lowest BCUT2D eigenvalue weighted by Crippen LogP contribution is -2.41. The van der Waals surface area contributed by atoms with Gasteiger partial charge in [-0.3, -0.25) is 10.2 Å². The number of hydrogen-bond acceptors (Lipinski definition) is 4. The molecule has 1 amide bonds. The molecule has 0 aliphatic rings. The number of nitrogens with one attached hydrogen (secondary N) is 1. The molecule has 0 aliphatic heterocycles. The van der Waals surface area contributed by atoms with E-state index in [-0.39, 0.29) is 4.90 Å². The summed E-state index contributed by atoms with van der Waals surface area (Å²) >= 11 is 5.64. The minimum atomic E-state index is -3.72. The third-order valence-corrected chi connectivity index (χ3v) is 4.45. The second-order valence-electron chi connectivity index (χ2n) is 3.15. The maximum Gasteiger partial charge on any atom is 0.252 e. The van der Waals surface area contributed by atoms with Crippen molar-refractivity contribution >= 4 is 27.3 Å². The van der Waals surface area contributed by atoms with Gasteiger partial charge in [-0.15, -0.1) is 0 Å². The molecule has 0 saturated carbocycles. The van der Waals surface area contributed by atoms with Gasteiger partial charge in [0.2, 0.25) is 0 Å². The third-order valence-electron chi connectivity index (χ3n) is 2.12. The van der Waals surface area contributed by atoms with Gasteiger partial charge in [0.1, 0.15) is 5.25 Å². The van der Waals surface area contributed by atoms with Crippen molar-refractivity contribution in [3.63, 3.8) is 0 Å². The standard InChI is InChI=1S/C9H11ClN2O3S/c1-6(9(13)12-11)16(14,15)8-4-2-7(10)3-5-8/h2-6H,11H2,1H3,(H,12,13)/t6-/m0/s1. The Kier molecular flexibility index (Phi) is 3.90. The molecular weight excluding hydrogens is 252 g/mol. The number of benzene rings is 1. The topological polar surface area (TPSA) is 89.3 Å². The van der Waals surface area contributed by atoms with Crippen LogP contribution in [0.3, 0.4) is 0 Å². The fraction of sp³-hybridized carbons (Fsp3) is 0.222. The van der Waals surface area contributed by atoms with Crippen LogP contribution in [0.5, 0.6) is 0 Å². The minimum absolute atomic E-state index is 0.0352. The number of sulfone groups is 1. The van der Waals surface area contributed by atoms with E-state index in [9.17, 15) is 13.2 Å². The van der Waals surface area contributed by atoms with Crippen LogP contribution < -0.4 is 11.3 Å². The van der Waals surface area contributed by atoms with Crippen LogP contribution in [0.1, 0.15) is 6.92 Å². The second-order valence-corrected chi connectivity index (χ2v) is 5.85. The Morgan fingerprint density at radius 3 is 2.31 bits per heavy atom. The van der Waals surface area contributed by atoms with E-state index in [2.05, 4.69) is 0 Å². The summed E-state index contributed by atoms with van der Waals surface area (Å²) in [6.45, 7) is 1.27. The molecule has 0 radical (unpaired) electrons. The van der Waals surface area contributed by atoms with Crippen LogP contribution in [0.25, 0.3) is 0 Å². The van der Waals surface area contributed by atoms with Gasteiger partial charge in [-0.05, 0) is 31.2 Å². The highest BCUT2D eigenvalue weighted by Crippen LogP contribution is 2.18. The first-order chi connectivity index (χ1) is 7.39. The minimum Gasteiger partial charge on any atom is -0.293 e. The molecule has 88 valence electrons. The molecule has 7 heteroatoms. The zero-order chi connectivity index (χ0) is 12.3. The Bertz CT molecular complexity index is 484. The summed E-state index contributed by atoms with van der Waals surface area (Å²) in [5, 5.41) is -0.812. The monoisotopic (exact) mass is 262 g/mol. The second kappa shape index (κ2) is 4.82. The summed E-state index contributed by atoms with van der Waals surface area (Å²) in [5.74, 6) is 4.13. The van der Waals surface area contributed by atoms with Crippen molar-refractivity contribution in [2.45, 2.75) is 17.1 Å². The number of rotatable bonds is 3. The molecule has 0 unspecified atom stereocenters. The fourth-order valence-electron chi connectivity index (χ4n) is 1.09. The molecule has 0 bridgehead atoms. The highest BCUT2D eigenvalue weighted by molar-refractivity contribution is 7.92. The molecule has 1 aromatic rings. The Labute approximate surface area is 98.5 Å². The number of carbonyl (C=O) groups is 1. The van der Waals surface area contributed by atoms with Gasteiger partial charge in [0.15, 0.2) is 9.84 Å². The van der Waals surface area contributed by atoms with Crippen molar-refractivity contribution in [1.82, 2.24) is 5.43 Å². The zero-order valence-electron chi connectivity index (χ0n) is 8.48. The SMILES string of the molecule is C[C@@H](C(=O)NN)S(=O)(=O)c1ccc(Cl)cc1. The predicted octanol–water partition coefficient (Wildman–Crippen LogP) is 0.492. The van der Waals surface area contributed by atoms with Crippen LogP contribution in [-0.2, 0) is 14.6 Å². The van der Waals surface area contributed by atoms with Crippen molar-refractivity contribution in [2.24, 2.45) is 5.84 Å². The van der Waals surface area contributed by atoms with E-state index >= 15 is 0 Å². The summed E-state index contributed by atoms with van der Waals surface area (Å²) < 4.78 is 23.8. The smallest absolute Gasteiger partial charge is 0.252 e. The maximum atomic E-state index is 11.9. The van der Waals surface area contributed by atoms with Gasteiger partial charge in [0.05, 0.1) is 4.90 Å². The van der Waals surface area contributed by atoms with Gasteiger partial charge < -0.3 is 0 Å². The Balaban J connectivity index is 3.12. The van der Waals surface area contributed by atoms with Crippen LogP contribution in [-0.4, -0.2) is 19.6 Å². The van der Waals surface area contributed by atoms with Gasteiger partial charge in [-0.1, -0.05) is 11.6 Å². The Morgan fingerprint density at radius 1 is 1.38 bits per heavy atom. The molecule has 3 N–H and O–H groups in total. The number of carbonyl (C=O) groups excluding carboxylic acids is 1. The van der Waals surface area contributed by atoms with Crippen LogP contribution in [0.4, 0.5) is 0 Å². The number of amides is 1. The highest BCUT2D eigenvalue weighted by atomic mass is 35.5. The Hall–Kier alpha value is -1.11. The number of halogens is 1. The molecule has 1 rings (SSSR count). The first-order valence-electron chi connectivity index (χ1n) is 4.39. The van der Waals surface area contributed by atoms with Crippen molar-refractivity contribution in [3.8, 4) is 0 Å². The quantitative estimate of drug-likeness (QED) is 0.471. The summed E-state index contributed by atoms with van der Waals surface area (Å²) in [6.07, 6.45) is 0. The number of hydrazine groups is 1. The molecule has 0 saturated heterocycles. The zero-order valence-corrected chi connectivity index (χ0v) is 10.0. The van der Waals surface area contributed by atoms with Gasteiger partial charge >= 0.3 is 0 Å². The predicted molar refractivity (Wildman–Crippen MR) is 60.4 cm³/mol. The highest BCUT2D eigenvalue weighted by Gasteiger charge is 2.29. The molecule has 0 aromatic heterocycles. The molecule has 1 aromatic carbocycles. The summed E-state index contributed by atoms with van der Waals surface area (Å²) in [5.41, 5.74) is 1.81. The van der Waals surface area contributed by atoms with Crippen LogP contribution in [0.15, 0.2) is 29.2 Å². The summed E-state index contributed by atoms with van der Waals surface area (Å²) in [7, 11) is -3.72. The van der Waals surface area contributed by atoms with Crippen LogP contribution in [0, 0.1) is 0 Å². The van der Waals surface area contributed by atoms with Crippen molar-refractivity contribution in [3.05, 3.63) is 29.3 Å². The maximum absolute atomic E-state index is 11.9. The number of hydrogen-bond donors (Lipinski definition) is 2. The molecule has 5 nitrogen and oxygen atoms in total. The van der Waals surface area contributed by atoms with E-state index in [0.29, 0.717) is 5.02 Å². The van der Waals surface area contributed by atoms with Crippen molar-refractivity contribution < 1.29 is 13.2 Å². The van der Waals surface area contributed by atoms with Gasteiger partial charge in [-0.25, -0.2) is 14.3 Å². The first-order valence-corrected chi connectivity index (χ1v) is 6.32. The molecule has 1 atom stereocenters. The van der Waals surface area contributed by atoms with Crippen LogP contribution in [0.2, 0.25) is 5.02 Å². The summed E-state index contributed by atoms with van der Waals surface area (Å²) in [4.78, 5) is 11.2. The molecule has 0 fully saturated rings. The molecule has 0 aliphatic carbocycles. The van der Waals surface area contributed by atoms with Crippen molar-refractivity contribution in [2.75, 3.05) is 0 Å². The average Bonchev–Trinajstić information content (AvgIpc) is 2.27. The Morgan fingerprint density at radius 2 is 1.88 bits per heavy atom. The normalized spacial score (nSPS) is 13.2. The van der Waals surface area contributed by atoms with Gasteiger partial charge in [0, 0.05) is 5.02 Å². The van der Waals surface area contributed by atoms with Gasteiger partial charge in [0.25, 0.3) is 5.91 Å². The lowest BCUT2D eigenvalue weighted by atomic mass is 10.4. The summed E-state index contributed by atoms with van der Waals surface area (Å²) in [6, 6.07) is 5.58. The van der Waals surface area contributed by atoms with E-state index in [1.807, 2.05) is 5.43 Å². The van der Waals surface area contributed by atoms with E-state index in [1.54, 1.807) is 0 Å². The van der Waals surface area contributed by atoms with Gasteiger partial charge in [-0.2, -0.15) is 0 Å². The first kappa shape index (κ1) is 13.0. The van der Waals surface area contributed by atoms with E-state index < -0.39 is 21.0 Å². The lowest BCUT2D eigenvalue weighted by Gasteiger charge is -2.11. The van der Waals surface area contributed by atoms with E-state index in [0.717, 1.165) is 0 Å². The average molecular weight is 263 g/mol. The fourth-order valence-corrected chi connectivity index (χ4v) is 2.49. The van der Waals surface area contributed by atoms with E-state index in [4.69, 9.17) is 17.4 Å².